The number of halogens is 1. The minimum atomic E-state index is -0.0887. The smallest absolute Gasteiger partial charge is 0.147 e. The molecule has 20 heavy (non-hydrogen) atoms. The van der Waals surface area contributed by atoms with Crippen LogP contribution in [-0.4, -0.2) is 16.2 Å². The van der Waals surface area contributed by atoms with Gasteiger partial charge in [-0.2, -0.15) is 0 Å². The van der Waals surface area contributed by atoms with E-state index >= 15 is 0 Å². The van der Waals surface area contributed by atoms with Crippen molar-refractivity contribution in [3.63, 3.8) is 0 Å². The maximum absolute atomic E-state index is 6.33. The molecule has 0 radical (unpaired) electrons. The molecule has 0 aliphatic heterocycles. The van der Waals surface area contributed by atoms with Gasteiger partial charge in [0.1, 0.15) is 17.1 Å². The lowest BCUT2D eigenvalue weighted by atomic mass is 10.3. The van der Waals surface area contributed by atoms with Gasteiger partial charge in [-0.05, 0) is 37.8 Å². The summed E-state index contributed by atoms with van der Waals surface area (Å²) in [6.45, 7) is 7.09. The third-order valence-electron chi connectivity index (χ3n) is 3.93. The van der Waals surface area contributed by atoms with E-state index in [2.05, 4.69) is 24.5 Å². The Kier molecular flexibility index (Phi) is 3.63. The van der Waals surface area contributed by atoms with Gasteiger partial charge < -0.3 is 9.30 Å². The van der Waals surface area contributed by atoms with Crippen molar-refractivity contribution in [1.82, 2.24) is 9.55 Å². The zero-order valence-electron chi connectivity index (χ0n) is 12.3. The highest BCUT2D eigenvalue weighted by Gasteiger charge is 2.37. The second kappa shape index (κ2) is 5.28. The van der Waals surface area contributed by atoms with Crippen LogP contribution < -0.4 is 4.74 Å². The highest BCUT2D eigenvalue weighted by atomic mass is 35.5. The molecule has 1 saturated carbocycles. The average Bonchev–Trinajstić information content (AvgIpc) is 3.01. The minimum Gasteiger partial charge on any atom is -0.491 e. The van der Waals surface area contributed by atoms with Crippen LogP contribution in [0.1, 0.15) is 50.9 Å². The van der Waals surface area contributed by atoms with Gasteiger partial charge in [-0.15, -0.1) is 11.6 Å². The molecule has 1 aliphatic rings. The van der Waals surface area contributed by atoms with Crippen molar-refractivity contribution in [1.29, 1.82) is 0 Å². The fraction of sp³-hybridized carbons (Fsp3) is 0.562. The van der Waals surface area contributed by atoms with E-state index in [4.69, 9.17) is 21.3 Å². The second-order valence-corrected chi connectivity index (χ2v) is 6.36. The van der Waals surface area contributed by atoms with Crippen LogP contribution in [0.5, 0.6) is 5.75 Å². The summed E-state index contributed by atoms with van der Waals surface area (Å²) >= 11 is 6.33. The van der Waals surface area contributed by atoms with Gasteiger partial charge in [0, 0.05) is 6.04 Å². The number of aromatic nitrogens is 2. The SMILES string of the molecule is CCCOc1cccc2c1nc(C(C)Cl)n2C1CC1C. The normalized spacial score (nSPS) is 23.0. The molecule has 1 fully saturated rings. The lowest BCUT2D eigenvalue weighted by molar-refractivity contribution is 0.320. The Labute approximate surface area is 124 Å². The summed E-state index contributed by atoms with van der Waals surface area (Å²) in [5.41, 5.74) is 2.10. The number of rotatable bonds is 5. The molecular weight excluding hydrogens is 272 g/mol. The number of ether oxygens (including phenoxy) is 1. The Morgan fingerprint density at radius 1 is 1.50 bits per heavy atom. The van der Waals surface area contributed by atoms with Crippen LogP contribution in [0.3, 0.4) is 0 Å². The third-order valence-corrected chi connectivity index (χ3v) is 4.12. The molecule has 0 bridgehead atoms. The Balaban J connectivity index is 2.12. The number of benzene rings is 1. The lowest BCUT2D eigenvalue weighted by Crippen LogP contribution is -2.03. The average molecular weight is 293 g/mol. The molecule has 4 heteroatoms. The molecule has 3 unspecified atom stereocenters. The van der Waals surface area contributed by atoms with Crippen LogP contribution in [0.2, 0.25) is 0 Å². The maximum Gasteiger partial charge on any atom is 0.147 e. The lowest BCUT2D eigenvalue weighted by Gasteiger charge is -2.09. The van der Waals surface area contributed by atoms with E-state index in [1.54, 1.807) is 0 Å². The van der Waals surface area contributed by atoms with Crippen molar-refractivity contribution in [2.24, 2.45) is 5.92 Å². The van der Waals surface area contributed by atoms with Crippen molar-refractivity contribution in [3.8, 4) is 5.75 Å². The first-order chi connectivity index (χ1) is 9.63. The monoisotopic (exact) mass is 292 g/mol. The van der Waals surface area contributed by atoms with E-state index in [1.807, 2.05) is 19.1 Å². The molecule has 108 valence electrons. The Hall–Kier alpha value is -1.22. The fourth-order valence-corrected chi connectivity index (χ4v) is 2.88. The summed E-state index contributed by atoms with van der Waals surface area (Å²) in [6.07, 6.45) is 2.21. The maximum atomic E-state index is 6.33. The summed E-state index contributed by atoms with van der Waals surface area (Å²) in [4.78, 5) is 4.77. The molecule has 0 N–H and O–H groups in total. The number of nitrogens with zero attached hydrogens (tertiary/aromatic N) is 2. The molecule has 3 rings (SSSR count). The molecule has 1 heterocycles. The molecular formula is C16H21ClN2O. The first-order valence-electron chi connectivity index (χ1n) is 7.41. The van der Waals surface area contributed by atoms with Gasteiger partial charge in [0.05, 0.1) is 17.5 Å². The molecule has 1 aromatic carbocycles. The van der Waals surface area contributed by atoms with Crippen LogP contribution in [0.15, 0.2) is 18.2 Å². The van der Waals surface area contributed by atoms with Gasteiger partial charge in [0.2, 0.25) is 0 Å². The van der Waals surface area contributed by atoms with Gasteiger partial charge >= 0.3 is 0 Å². The van der Waals surface area contributed by atoms with E-state index in [-0.39, 0.29) is 5.38 Å². The summed E-state index contributed by atoms with van der Waals surface area (Å²) in [5.74, 6) is 2.54. The van der Waals surface area contributed by atoms with Gasteiger partial charge in [-0.1, -0.05) is 19.9 Å². The Bertz CT molecular complexity index is 620. The van der Waals surface area contributed by atoms with Gasteiger partial charge in [-0.3, -0.25) is 0 Å². The van der Waals surface area contributed by atoms with Gasteiger partial charge in [-0.25, -0.2) is 4.98 Å². The number of hydrogen-bond donors (Lipinski definition) is 0. The molecule has 0 spiro atoms. The quantitative estimate of drug-likeness (QED) is 0.747. The van der Waals surface area contributed by atoms with E-state index < -0.39 is 0 Å². The largest absolute Gasteiger partial charge is 0.491 e. The second-order valence-electron chi connectivity index (χ2n) is 5.71. The summed E-state index contributed by atoms with van der Waals surface area (Å²) in [7, 11) is 0. The van der Waals surface area contributed by atoms with Crippen LogP contribution in [0.4, 0.5) is 0 Å². The first kappa shape index (κ1) is 13.7. The first-order valence-corrected chi connectivity index (χ1v) is 7.84. The van der Waals surface area contributed by atoms with Crippen molar-refractivity contribution in [3.05, 3.63) is 24.0 Å². The standard InChI is InChI=1S/C16H21ClN2O/c1-4-8-20-14-7-5-6-12-15(14)18-16(11(3)17)19(12)13-9-10(13)2/h5-7,10-11,13H,4,8-9H2,1-3H3. The van der Waals surface area contributed by atoms with Crippen LogP contribution >= 0.6 is 11.6 Å². The van der Waals surface area contributed by atoms with Crippen LogP contribution in [0.25, 0.3) is 11.0 Å². The van der Waals surface area contributed by atoms with Crippen LogP contribution in [-0.2, 0) is 0 Å². The Morgan fingerprint density at radius 3 is 2.85 bits per heavy atom. The predicted octanol–water partition coefficient (Wildman–Crippen LogP) is 4.71. The van der Waals surface area contributed by atoms with E-state index in [9.17, 15) is 0 Å². The zero-order valence-corrected chi connectivity index (χ0v) is 13.0. The molecule has 3 nitrogen and oxygen atoms in total. The summed E-state index contributed by atoms with van der Waals surface area (Å²) in [5, 5.41) is -0.0887. The van der Waals surface area contributed by atoms with E-state index in [1.165, 1.54) is 6.42 Å². The third kappa shape index (κ3) is 2.28. The number of para-hydroxylation sites is 1. The van der Waals surface area contributed by atoms with Gasteiger partial charge in [0.25, 0.3) is 0 Å². The van der Waals surface area contributed by atoms with Crippen molar-refractivity contribution in [2.45, 2.75) is 45.0 Å². The Morgan fingerprint density at radius 2 is 2.25 bits per heavy atom. The number of imidazole rings is 1. The summed E-state index contributed by atoms with van der Waals surface area (Å²) < 4.78 is 8.14. The highest BCUT2D eigenvalue weighted by molar-refractivity contribution is 6.20. The minimum absolute atomic E-state index is 0.0887. The topological polar surface area (TPSA) is 27.1 Å². The highest BCUT2D eigenvalue weighted by Crippen LogP contribution is 2.47. The van der Waals surface area contributed by atoms with Crippen molar-refractivity contribution < 1.29 is 4.74 Å². The molecule has 2 aromatic rings. The van der Waals surface area contributed by atoms with E-state index in [0.29, 0.717) is 12.0 Å². The van der Waals surface area contributed by atoms with Gasteiger partial charge in [0.15, 0.2) is 0 Å². The molecule has 0 amide bonds. The van der Waals surface area contributed by atoms with Crippen molar-refractivity contribution in [2.75, 3.05) is 6.61 Å². The van der Waals surface area contributed by atoms with E-state index in [0.717, 1.165) is 35.6 Å². The van der Waals surface area contributed by atoms with Crippen molar-refractivity contribution >= 4 is 22.6 Å². The van der Waals surface area contributed by atoms with Crippen LogP contribution in [0, 0.1) is 5.92 Å². The molecule has 0 saturated heterocycles. The molecule has 1 aromatic heterocycles. The predicted molar refractivity (Wildman–Crippen MR) is 82.6 cm³/mol. The molecule has 1 aliphatic carbocycles. The molecule has 3 atom stereocenters. The zero-order chi connectivity index (χ0) is 14.3. The number of hydrogen-bond acceptors (Lipinski definition) is 2. The fourth-order valence-electron chi connectivity index (χ4n) is 2.73. The summed E-state index contributed by atoms with van der Waals surface area (Å²) in [6, 6.07) is 6.70. The number of alkyl halides is 1. The number of fused-ring (bicyclic) bond motifs is 1.